The van der Waals surface area contributed by atoms with Crippen molar-refractivity contribution in [2.45, 2.75) is 58.8 Å². The Bertz CT molecular complexity index is 571. The summed E-state index contributed by atoms with van der Waals surface area (Å²) < 4.78 is 0. The van der Waals surface area contributed by atoms with Crippen LogP contribution in [0.1, 0.15) is 69.9 Å². The van der Waals surface area contributed by atoms with Gasteiger partial charge >= 0.3 is 0 Å². The zero-order valence-electron chi connectivity index (χ0n) is 14.5. The quantitative estimate of drug-likeness (QED) is 0.369. The second kappa shape index (κ2) is 11.4. The lowest BCUT2D eigenvalue weighted by molar-refractivity contribution is 0.606. The van der Waals surface area contributed by atoms with Gasteiger partial charge in [0.1, 0.15) is 0 Å². The fraction of sp³-hybridized carbons (Fsp3) is 0.429. The molecule has 0 aliphatic heterocycles. The molecule has 0 N–H and O–H groups in total. The van der Waals surface area contributed by atoms with Crippen LogP contribution in [-0.4, -0.2) is 6.21 Å². The molecule has 0 aliphatic carbocycles. The summed E-state index contributed by atoms with van der Waals surface area (Å²) in [5.74, 6) is 0. The number of hydrogen-bond acceptors (Lipinski definition) is 2. The Labute approximate surface area is 141 Å². The van der Waals surface area contributed by atoms with Crippen molar-refractivity contribution in [3.05, 3.63) is 53.7 Å². The Morgan fingerprint density at radius 2 is 1.78 bits per heavy atom. The van der Waals surface area contributed by atoms with Crippen LogP contribution in [0.4, 0.5) is 0 Å². The number of unbranched alkanes of at least 4 members (excludes halogenated alkanes) is 5. The third-order valence-corrected chi connectivity index (χ3v) is 3.86. The number of rotatable bonds is 10. The predicted molar refractivity (Wildman–Crippen MR) is 100 cm³/mol. The molecule has 1 rings (SSSR count). The van der Waals surface area contributed by atoms with Gasteiger partial charge in [0.25, 0.3) is 0 Å². The molecule has 0 aliphatic rings. The van der Waals surface area contributed by atoms with Gasteiger partial charge in [0.2, 0.25) is 0 Å². The molecule has 0 fully saturated rings. The number of nitriles is 1. The Kier molecular flexibility index (Phi) is 9.40. The molecule has 2 heteroatoms. The monoisotopic (exact) mass is 308 g/mol. The van der Waals surface area contributed by atoms with Crippen LogP contribution in [-0.2, 0) is 0 Å². The highest BCUT2D eigenvalue weighted by molar-refractivity contribution is 6.10. The first-order valence-corrected chi connectivity index (χ1v) is 8.60. The zero-order chi connectivity index (χ0) is 16.9. The number of benzene rings is 1. The first-order chi connectivity index (χ1) is 11.2. The largest absolute Gasteiger partial charge is 0.261 e. The molecule has 0 heterocycles. The van der Waals surface area contributed by atoms with Crippen LogP contribution in [0.2, 0.25) is 0 Å². The molecule has 2 nitrogen and oxygen atoms in total. The highest BCUT2D eigenvalue weighted by Crippen LogP contribution is 2.15. The van der Waals surface area contributed by atoms with Crippen molar-refractivity contribution in [3.63, 3.8) is 0 Å². The summed E-state index contributed by atoms with van der Waals surface area (Å²) in [5.41, 5.74) is 3.74. The van der Waals surface area contributed by atoms with Gasteiger partial charge in [0.15, 0.2) is 0 Å². The number of hydrogen-bond donors (Lipinski definition) is 0. The summed E-state index contributed by atoms with van der Waals surface area (Å²) in [5, 5.41) is 8.85. The van der Waals surface area contributed by atoms with Gasteiger partial charge in [-0.3, -0.25) is 4.99 Å². The maximum absolute atomic E-state index is 8.85. The Morgan fingerprint density at radius 3 is 2.39 bits per heavy atom. The first kappa shape index (κ1) is 18.9. The number of allylic oxidation sites excluding steroid dienone is 3. The molecule has 0 spiro atoms. The van der Waals surface area contributed by atoms with Gasteiger partial charge < -0.3 is 0 Å². The van der Waals surface area contributed by atoms with E-state index in [1.807, 2.05) is 43.5 Å². The van der Waals surface area contributed by atoms with Crippen molar-refractivity contribution in [3.8, 4) is 6.07 Å². The summed E-state index contributed by atoms with van der Waals surface area (Å²) in [7, 11) is 0. The maximum Gasteiger partial charge on any atom is 0.0991 e. The molecular formula is C21H28N2. The van der Waals surface area contributed by atoms with E-state index in [0.717, 1.165) is 23.3 Å². The third-order valence-electron chi connectivity index (χ3n) is 3.86. The van der Waals surface area contributed by atoms with Gasteiger partial charge in [-0.25, -0.2) is 0 Å². The summed E-state index contributed by atoms with van der Waals surface area (Å²) in [6.45, 7) is 8.28. The molecule has 23 heavy (non-hydrogen) atoms. The van der Waals surface area contributed by atoms with Crippen molar-refractivity contribution in [2.24, 2.45) is 4.99 Å². The van der Waals surface area contributed by atoms with Gasteiger partial charge in [-0.1, -0.05) is 63.8 Å². The van der Waals surface area contributed by atoms with Gasteiger partial charge in [-0.15, -0.1) is 0 Å². The zero-order valence-corrected chi connectivity index (χ0v) is 14.5. The molecule has 122 valence electrons. The highest BCUT2D eigenvalue weighted by atomic mass is 14.7. The van der Waals surface area contributed by atoms with E-state index in [9.17, 15) is 0 Å². The minimum Gasteiger partial charge on any atom is -0.261 e. The number of nitrogens with zero attached hydrogens (tertiary/aromatic N) is 2. The fourth-order valence-electron chi connectivity index (χ4n) is 2.39. The summed E-state index contributed by atoms with van der Waals surface area (Å²) in [6, 6.07) is 9.71. The van der Waals surface area contributed by atoms with E-state index in [1.54, 1.807) is 0 Å². The minimum absolute atomic E-state index is 0.675. The van der Waals surface area contributed by atoms with Crippen LogP contribution in [0.5, 0.6) is 0 Å². The lowest BCUT2D eigenvalue weighted by Crippen LogP contribution is -1.88. The van der Waals surface area contributed by atoms with E-state index in [1.165, 1.54) is 38.5 Å². The smallest absolute Gasteiger partial charge is 0.0991 e. The summed E-state index contributed by atoms with van der Waals surface area (Å²) >= 11 is 0. The van der Waals surface area contributed by atoms with Crippen molar-refractivity contribution >= 4 is 11.8 Å². The molecule has 1 aromatic carbocycles. The van der Waals surface area contributed by atoms with Crippen LogP contribution in [0.15, 0.2) is 47.6 Å². The Morgan fingerprint density at radius 1 is 1.13 bits per heavy atom. The molecule has 0 aromatic heterocycles. The van der Waals surface area contributed by atoms with Gasteiger partial charge in [0, 0.05) is 11.9 Å². The van der Waals surface area contributed by atoms with Gasteiger partial charge in [-0.05, 0) is 43.0 Å². The fourth-order valence-corrected chi connectivity index (χ4v) is 2.39. The second-order valence-corrected chi connectivity index (χ2v) is 5.78. The Balaban J connectivity index is 2.43. The van der Waals surface area contributed by atoms with Crippen molar-refractivity contribution in [1.29, 1.82) is 5.26 Å². The van der Waals surface area contributed by atoms with Crippen LogP contribution < -0.4 is 0 Å². The average Bonchev–Trinajstić information content (AvgIpc) is 2.59. The van der Waals surface area contributed by atoms with Gasteiger partial charge in [0.05, 0.1) is 11.6 Å². The van der Waals surface area contributed by atoms with Crippen molar-refractivity contribution in [2.75, 3.05) is 0 Å². The van der Waals surface area contributed by atoms with E-state index in [-0.39, 0.29) is 0 Å². The molecule has 0 radical (unpaired) electrons. The van der Waals surface area contributed by atoms with Crippen LogP contribution in [0.25, 0.3) is 5.57 Å². The molecule has 0 saturated carbocycles. The maximum atomic E-state index is 8.85. The normalized spacial score (nSPS) is 11.6. The van der Waals surface area contributed by atoms with Crippen molar-refractivity contribution in [1.82, 2.24) is 0 Å². The highest BCUT2D eigenvalue weighted by Gasteiger charge is 1.99. The van der Waals surface area contributed by atoms with E-state index in [2.05, 4.69) is 24.6 Å². The molecule has 0 amide bonds. The topological polar surface area (TPSA) is 36.1 Å². The van der Waals surface area contributed by atoms with E-state index >= 15 is 0 Å². The van der Waals surface area contributed by atoms with Crippen molar-refractivity contribution < 1.29 is 0 Å². The van der Waals surface area contributed by atoms with Crippen LogP contribution in [0.3, 0.4) is 0 Å². The molecule has 0 unspecified atom stereocenters. The molecular weight excluding hydrogens is 280 g/mol. The summed E-state index contributed by atoms with van der Waals surface area (Å²) in [4.78, 5) is 4.50. The SMILES string of the molecule is C=C(CCCCCCCC)/N=C\C(=C/C)c1ccc(C#N)cc1. The molecule has 0 atom stereocenters. The molecule has 0 saturated heterocycles. The molecule has 1 aromatic rings. The third kappa shape index (κ3) is 7.61. The van der Waals surface area contributed by atoms with Crippen LogP contribution in [0, 0.1) is 11.3 Å². The minimum atomic E-state index is 0.675. The number of aliphatic imine (C=N–C) groups is 1. The van der Waals surface area contributed by atoms with E-state index < -0.39 is 0 Å². The second-order valence-electron chi connectivity index (χ2n) is 5.78. The lowest BCUT2D eigenvalue weighted by Gasteiger charge is -2.03. The van der Waals surface area contributed by atoms with Crippen LogP contribution >= 0.6 is 0 Å². The standard InChI is InChI=1S/C21H28N2/c1-4-6-7-8-9-10-11-18(3)23-17-20(5-2)21-14-12-19(16-22)13-15-21/h5,12-15,17H,3-4,6-11H2,1-2H3/b20-5+,23-17-. The summed E-state index contributed by atoms with van der Waals surface area (Å²) in [6.07, 6.45) is 12.6. The predicted octanol–water partition coefficient (Wildman–Crippen LogP) is 6.30. The molecule has 0 bridgehead atoms. The van der Waals surface area contributed by atoms with E-state index in [4.69, 9.17) is 5.26 Å². The lowest BCUT2D eigenvalue weighted by atomic mass is 10.0. The van der Waals surface area contributed by atoms with Gasteiger partial charge in [-0.2, -0.15) is 5.26 Å². The Hall–Kier alpha value is -2.14. The van der Waals surface area contributed by atoms with E-state index in [0.29, 0.717) is 5.56 Å². The first-order valence-electron chi connectivity index (χ1n) is 8.60. The average molecular weight is 308 g/mol.